The Morgan fingerprint density at radius 3 is 2.41 bits per heavy atom. The number of likely N-dealkylation sites (tertiary alicyclic amines) is 1. The molecule has 6 nitrogen and oxygen atoms in total. The van der Waals surface area contributed by atoms with Crippen LogP contribution >= 0.6 is 0 Å². The van der Waals surface area contributed by atoms with Crippen LogP contribution in [0.2, 0.25) is 0 Å². The summed E-state index contributed by atoms with van der Waals surface area (Å²) in [5.74, 6) is 2.47. The van der Waals surface area contributed by atoms with Gasteiger partial charge >= 0.3 is 0 Å². The fraction of sp³-hybridized carbons (Fsp3) is 0.435. The Morgan fingerprint density at radius 1 is 1.07 bits per heavy atom. The van der Waals surface area contributed by atoms with Gasteiger partial charge in [0.05, 0.1) is 33.4 Å². The van der Waals surface area contributed by atoms with Gasteiger partial charge in [0.1, 0.15) is 23.3 Å². The van der Waals surface area contributed by atoms with Gasteiger partial charge in [0.15, 0.2) is 6.04 Å². The number of hydrogen-bond donors (Lipinski definition) is 2. The largest absolute Gasteiger partial charge is 0.497 e. The van der Waals surface area contributed by atoms with Crippen LogP contribution in [0, 0.1) is 0 Å². The van der Waals surface area contributed by atoms with Crippen LogP contribution in [-0.4, -0.2) is 39.8 Å². The second-order valence-electron chi connectivity index (χ2n) is 7.42. The van der Waals surface area contributed by atoms with Crippen LogP contribution in [0.25, 0.3) is 0 Å². The molecule has 0 bridgehead atoms. The van der Waals surface area contributed by atoms with Crippen LogP contribution < -0.4 is 24.4 Å². The van der Waals surface area contributed by atoms with Crippen molar-refractivity contribution >= 4 is 5.91 Å². The van der Waals surface area contributed by atoms with E-state index in [2.05, 4.69) is 11.4 Å². The summed E-state index contributed by atoms with van der Waals surface area (Å²) in [6.45, 7) is 3.49. The van der Waals surface area contributed by atoms with Crippen LogP contribution in [0.4, 0.5) is 0 Å². The van der Waals surface area contributed by atoms with Crippen molar-refractivity contribution < 1.29 is 23.9 Å². The number of ether oxygens (including phenoxy) is 3. The Morgan fingerprint density at radius 2 is 1.76 bits per heavy atom. The molecule has 6 heteroatoms. The van der Waals surface area contributed by atoms with E-state index in [9.17, 15) is 4.79 Å². The van der Waals surface area contributed by atoms with Gasteiger partial charge in [0, 0.05) is 25.5 Å². The summed E-state index contributed by atoms with van der Waals surface area (Å²) < 4.78 is 16.1. The molecule has 1 aliphatic rings. The SMILES string of the molecule is COc1ccc(CNC(=O)[C@@H](C)[NH+]2CCC[C@@H]2c2ccc(OC)cc2OC)cc1. The Labute approximate surface area is 172 Å². The van der Waals surface area contributed by atoms with E-state index in [1.54, 1.807) is 21.3 Å². The predicted molar refractivity (Wildman–Crippen MR) is 112 cm³/mol. The molecule has 0 aromatic heterocycles. The van der Waals surface area contributed by atoms with Gasteiger partial charge in [-0.2, -0.15) is 0 Å². The van der Waals surface area contributed by atoms with E-state index < -0.39 is 0 Å². The Balaban J connectivity index is 1.67. The summed E-state index contributed by atoms with van der Waals surface area (Å²) in [6.07, 6.45) is 2.12. The van der Waals surface area contributed by atoms with Crippen molar-refractivity contribution in [2.75, 3.05) is 27.9 Å². The molecule has 1 unspecified atom stereocenters. The third kappa shape index (κ3) is 4.82. The summed E-state index contributed by atoms with van der Waals surface area (Å²) >= 11 is 0. The highest BCUT2D eigenvalue weighted by Crippen LogP contribution is 2.31. The van der Waals surface area contributed by atoms with E-state index >= 15 is 0 Å². The number of nitrogens with one attached hydrogen (secondary N) is 2. The van der Waals surface area contributed by atoms with Crippen molar-refractivity contribution in [1.29, 1.82) is 0 Å². The van der Waals surface area contributed by atoms with Crippen molar-refractivity contribution in [3.05, 3.63) is 53.6 Å². The fourth-order valence-electron chi connectivity index (χ4n) is 4.10. The van der Waals surface area contributed by atoms with Crippen molar-refractivity contribution in [3.63, 3.8) is 0 Å². The van der Waals surface area contributed by atoms with E-state index in [1.165, 1.54) is 4.90 Å². The number of amides is 1. The van der Waals surface area contributed by atoms with Gasteiger partial charge in [0.2, 0.25) is 0 Å². The third-order valence-electron chi connectivity index (χ3n) is 5.80. The Hall–Kier alpha value is -2.73. The lowest BCUT2D eigenvalue weighted by atomic mass is 10.0. The molecule has 1 aliphatic heterocycles. The van der Waals surface area contributed by atoms with Crippen molar-refractivity contribution in [3.8, 4) is 17.2 Å². The van der Waals surface area contributed by atoms with Crippen LogP contribution in [0.3, 0.4) is 0 Å². The molecule has 0 radical (unpaired) electrons. The lowest BCUT2D eigenvalue weighted by Crippen LogP contribution is -3.15. The number of rotatable bonds is 8. The monoisotopic (exact) mass is 399 g/mol. The summed E-state index contributed by atoms with van der Waals surface area (Å²) in [5.41, 5.74) is 2.19. The van der Waals surface area contributed by atoms with Gasteiger partial charge in [-0.05, 0) is 36.8 Å². The smallest absolute Gasteiger partial charge is 0.278 e. The summed E-state index contributed by atoms with van der Waals surface area (Å²) in [6, 6.07) is 13.8. The normalized spacial score (nSPS) is 19.4. The van der Waals surface area contributed by atoms with Crippen LogP contribution in [-0.2, 0) is 11.3 Å². The minimum Gasteiger partial charge on any atom is -0.497 e. The summed E-state index contributed by atoms with van der Waals surface area (Å²) in [5, 5.41) is 3.08. The van der Waals surface area contributed by atoms with E-state index in [0.29, 0.717) is 6.54 Å². The standard InChI is InChI=1S/C23H30N2O4/c1-16(23(26)24-15-17-7-9-18(27-2)10-8-17)25-13-5-6-21(25)20-12-11-19(28-3)14-22(20)29-4/h7-12,14,16,21H,5-6,13,15H2,1-4H3,(H,24,26)/p+1/t16-,21-/m1/s1. The average Bonchev–Trinajstić information content (AvgIpc) is 3.26. The molecular weight excluding hydrogens is 368 g/mol. The molecule has 0 spiro atoms. The maximum absolute atomic E-state index is 12.9. The van der Waals surface area contributed by atoms with Crippen LogP contribution in [0.1, 0.15) is 36.9 Å². The predicted octanol–water partition coefficient (Wildman–Crippen LogP) is 2.14. The minimum absolute atomic E-state index is 0.0650. The number of hydrogen-bond acceptors (Lipinski definition) is 4. The second-order valence-corrected chi connectivity index (χ2v) is 7.42. The number of carbonyl (C=O) groups excluding carboxylic acids is 1. The van der Waals surface area contributed by atoms with E-state index in [4.69, 9.17) is 14.2 Å². The lowest BCUT2D eigenvalue weighted by molar-refractivity contribution is -0.932. The Kier molecular flexibility index (Phi) is 6.99. The fourth-order valence-corrected chi connectivity index (χ4v) is 4.10. The zero-order valence-electron chi connectivity index (χ0n) is 17.7. The topological polar surface area (TPSA) is 61.2 Å². The lowest BCUT2D eigenvalue weighted by Gasteiger charge is -2.28. The molecular formula is C23H31N2O4+. The maximum atomic E-state index is 12.9. The minimum atomic E-state index is -0.146. The van der Waals surface area contributed by atoms with E-state index in [-0.39, 0.29) is 18.0 Å². The molecule has 1 heterocycles. The molecule has 156 valence electrons. The first kappa shape index (κ1) is 21.0. The van der Waals surface area contributed by atoms with E-state index in [0.717, 1.165) is 47.8 Å². The van der Waals surface area contributed by atoms with Gasteiger partial charge in [0.25, 0.3) is 5.91 Å². The molecule has 3 rings (SSSR count). The highest BCUT2D eigenvalue weighted by Gasteiger charge is 2.38. The van der Waals surface area contributed by atoms with Crippen molar-refractivity contribution in [1.82, 2.24) is 5.32 Å². The molecule has 1 amide bonds. The molecule has 2 aromatic rings. The van der Waals surface area contributed by atoms with Crippen molar-refractivity contribution in [2.45, 2.75) is 38.4 Å². The summed E-state index contributed by atoms with van der Waals surface area (Å²) in [4.78, 5) is 14.1. The van der Waals surface area contributed by atoms with Crippen LogP contribution in [0.5, 0.6) is 17.2 Å². The van der Waals surface area contributed by atoms with Gasteiger partial charge in [-0.1, -0.05) is 12.1 Å². The average molecular weight is 400 g/mol. The highest BCUT2D eigenvalue weighted by molar-refractivity contribution is 5.80. The number of methoxy groups -OCH3 is 3. The van der Waals surface area contributed by atoms with E-state index in [1.807, 2.05) is 43.3 Å². The zero-order chi connectivity index (χ0) is 20.8. The highest BCUT2D eigenvalue weighted by atomic mass is 16.5. The Bertz CT molecular complexity index is 822. The molecule has 2 N–H and O–H groups in total. The molecule has 3 atom stereocenters. The van der Waals surface area contributed by atoms with Gasteiger partial charge in [-0.15, -0.1) is 0 Å². The third-order valence-corrected chi connectivity index (χ3v) is 5.80. The number of benzene rings is 2. The maximum Gasteiger partial charge on any atom is 0.278 e. The zero-order valence-corrected chi connectivity index (χ0v) is 17.7. The van der Waals surface area contributed by atoms with Crippen LogP contribution in [0.15, 0.2) is 42.5 Å². The molecule has 0 aliphatic carbocycles. The molecule has 2 aromatic carbocycles. The van der Waals surface area contributed by atoms with Gasteiger partial charge in [-0.25, -0.2) is 0 Å². The molecule has 29 heavy (non-hydrogen) atoms. The summed E-state index contributed by atoms with van der Waals surface area (Å²) in [7, 11) is 4.97. The number of carbonyl (C=O) groups is 1. The first-order valence-corrected chi connectivity index (χ1v) is 10.1. The van der Waals surface area contributed by atoms with Gasteiger partial charge < -0.3 is 24.4 Å². The second kappa shape index (κ2) is 9.65. The molecule has 1 fully saturated rings. The molecule has 1 saturated heterocycles. The first-order chi connectivity index (χ1) is 14.1. The first-order valence-electron chi connectivity index (χ1n) is 10.1. The van der Waals surface area contributed by atoms with Crippen molar-refractivity contribution in [2.24, 2.45) is 0 Å². The quantitative estimate of drug-likeness (QED) is 0.714. The number of quaternary nitrogens is 1. The van der Waals surface area contributed by atoms with Gasteiger partial charge in [-0.3, -0.25) is 4.79 Å². The molecule has 0 saturated carbocycles.